The van der Waals surface area contributed by atoms with E-state index in [9.17, 15) is 0 Å². The molecule has 0 saturated carbocycles. The molecular formula is C52H44P2. The van der Waals surface area contributed by atoms with Crippen LogP contribution in [-0.4, -0.2) is 11.6 Å². The van der Waals surface area contributed by atoms with Gasteiger partial charge in [-0.1, -0.05) is 242 Å². The standard InChI is InChI=1S/C52H44P2/c1-7-25-45(26-8-1)53(46-27-9-2-10-28-46,47-29-11-3-12-30-47)41-39-43-23-19-21-37-51(43)52-38-22-20-24-44(52)40-42-54(48-31-13-4-14-32-48,49-33-15-5-16-34-49)50-35-17-6-18-36-50/h1-38,41-42H,39-40H2. The zero-order valence-corrected chi connectivity index (χ0v) is 32.2. The van der Waals surface area contributed by atoms with E-state index >= 15 is 0 Å². The minimum absolute atomic E-state index is 0.843. The monoisotopic (exact) mass is 730 g/mol. The Balaban J connectivity index is 1.29. The molecule has 8 aromatic carbocycles. The fourth-order valence-electron chi connectivity index (χ4n) is 7.90. The summed E-state index contributed by atoms with van der Waals surface area (Å²) >= 11 is 0. The van der Waals surface area contributed by atoms with Crippen LogP contribution < -0.4 is 31.8 Å². The molecule has 8 rings (SSSR count). The van der Waals surface area contributed by atoms with E-state index in [1.807, 2.05) is 0 Å². The summed E-state index contributed by atoms with van der Waals surface area (Å²) < 4.78 is 0. The van der Waals surface area contributed by atoms with Crippen LogP contribution in [0.15, 0.2) is 231 Å². The van der Waals surface area contributed by atoms with Gasteiger partial charge in [0.2, 0.25) is 0 Å². The summed E-state index contributed by atoms with van der Waals surface area (Å²) in [6, 6.07) is 85.0. The second kappa shape index (κ2) is 16.6. The smallest absolute Gasteiger partial charge is 0.00778 e. The lowest BCUT2D eigenvalue weighted by atomic mass is 9.93. The Morgan fingerprint density at radius 2 is 0.444 bits per heavy atom. The SMILES string of the molecule is C(Cc1ccccc1-c1ccccc1CC=P(c1ccccc1)(c1ccccc1)c1ccccc1)=P(c1ccccc1)(c1ccccc1)c1ccccc1. The van der Waals surface area contributed by atoms with E-state index in [1.54, 1.807) is 0 Å². The van der Waals surface area contributed by atoms with E-state index in [0.29, 0.717) is 0 Å². The van der Waals surface area contributed by atoms with Gasteiger partial charge in [-0.3, -0.25) is 0 Å². The highest BCUT2D eigenvalue weighted by Gasteiger charge is 2.26. The van der Waals surface area contributed by atoms with Crippen molar-refractivity contribution in [1.82, 2.24) is 0 Å². The average molecular weight is 731 g/mol. The minimum atomic E-state index is -2.11. The van der Waals surface area contributed by atoms with Gasteiger partial charge < -0.3 is 0 Å². The maximum Gasteiger partial charge on any atom is -0.00778 e. The first-order valence-electron chi connectivity index (χ1n) is 18.8. The van der Waals surface area contributed by atoms with Gasteiger partial charge in [-0.2, -0.15) is 0 Å². The van der Waals surface area contributed by atoms with Gasteiger partial charge in [0.15, 0.2) is 0 Å². The molecule has 0 aliphatic rings. The van der Waals surface area contributed by atoms with E-state index in [1.165, 1.54) is 54.1 Å². The third kappa shape index (κ3) is 7.05. The number of rotatable bonds is 11. The Morgan fingerprint density at radius 1 is 0.241 bits per heavy atom. The highest BCUT2D eigenvalue weighted by atomic mass is 31.2. The van der Waals surface area contributed by atoms with Crippen molar-refractivity contribution in [1.29, 1.82) is 0 Å². The van der Waals surface area contributed by atoms with Crippen molar-refractivity contribution in [2.75, 3.05) is 0 Å². The van der Waals surface area contributed by atoms with Gasteiger partial charge in [0.05, 0.1) is 0 Å². The lowest BCUT2D eigenvalue weighted by Crippen LogP contribution is -2.27. The summed E-state index contributed by atoms with van der Waals surface area (Å²) in [4.78, 5) is 0. The molecule has 0 radical (unpaired) electrons. The van der Waals surface area contributed by atoms with Crippen LogP contribution in [-0.2, 0) is 12.8 Å². The minimum Gasteiger partial charge on any atom is -0.0698 e. The van der Waals surface area contributed by atoms with Crippen LogP contribution in [0.25, 0.3) is 11.1 Å². The van der Waals surface area contributed by atoms with Crippen molar-refractivity contribution in [3.63, 3.8) is 0 Å². The number of hydrogen-bond donors (Lipinski definition) is 0. The molecule has 0 aliphatic heterocycles. The lowest BCUT2D eigenvalue weighted by Gasteiger charge is -2.29. The van der Waals surface area contributed by atoms with Gasteiger partial charge >= 0.3 is 0 Å². The Bertz CT molecular complexity index is 2140. The highest BCUT2D eigenvalue weighted by Crippen LogP contribution is 2.46. The summed E-state index contributed by atoms with van der Waals surface area (Å²) in [6.07, 6.45) is 1.69. The fourth-order valence-corrected chi connectivity index (χ4v) is 15.7. The van der Waals surface area contributed by atoms with Crippen LogP contribution in [0.1, 0.15) is 11.1 Å². The van der Waals surface area contributed by atoms with E-state index in [-0.39, 0.29) is 0 Å². The van der Waals surface area contributed by atoms with Crippen molar-refractivity contribution in [2.45, 2.75) is 12.8 Å². The van der Waals surface area contributed by atoms with Gasteiger partial charge in [0.1, 0.15) is 0 Å². The number of hydrogen-bond acceptors (Lipinski definition) is 0. The molecule has 2 heteroatoms. The van der Waals surface area contributed by atoms with Crippen LogP contribution in [0, 0.1) is 0 Å². The molecule has 0 unspecified atom stereocenters. The maximum absolute atomic E-state index is 2.65. The van der Waals surface area contributed by atoms with Crippen LogP contribution in [0.2, 0.25) is 0 Å². The fraction of sp³-hybridized carbons (Fsp3) is 0.0385. The van der Waals surface area contributed by atoms with Crippen LogP contribution in [0.5, 0.6) is 0 Å². The molecule has 0 N–H and O–H groups in total. The van der Waals surface area contributed by atoms with Gasteiger partial charge in [0, 0.05) is 0 Å². The Morgan fingerprint density at radius 3 is 0.685 bits per heavy atom. The molecular weight excluding hydrogens is 687 g/mol. The molecule has 8 aromatic rings. The number of benzene rings is 8. The zero-order chi connectivity index (χ0) is 36.5. The maximum atomic E-state index is 2.65. The lowest BCUT2D eigenvalue weighted by molar-refractivity contribution is 1.33. The zero-order valence-electron chi connectivity index (χ0n) is 30.4. The second-order valence-corrected chi connectivity index (χ2v) is 20.3. The molecule has 54 heavy (non-hydrogen) atoms. The molecule has 0 spiro atoms. The predicted molar refractivity (Wildman–Crippen MR) is 242 cm³/mol. The molecule has 0 heterocycles. The highest BCUT2D eigenvalue weighted by molar-refractivity contribution is 7.94. The van der Waals surface area contributed by atoms with E-state index in [0.717, 1.165) is 12.8 Å². The average Bonchev–Trinajstić information content (AvgIpc) is 3.27. The Hall–Kier alpha value is -5.64. The van der Waals surface area contributed by atoms with Crippen molar-refractivity contribution in [3.8, 4) is 11.1 Å². The van der Waals surface area contributed by atoms with Crippen LogP contribution in [0.3, 0.4) is 0 Å². The normalized spacial score (nSPS) is 11.5. The topological polar surface area (TPSA) is 0 Å². The van der Waals surface area contributed by atoms with Crippen molar-refractivity contribution in [2.24, 2.45) is 0 Å². The van der Waals surface area contributed by atoms with Crippen molar-refractivity contribution in [3.05, 3.63) is 242 Å². The van der Waals surface area contributed by atoms with Gasteiger partial charge in [-0.05, 0) is 80.7 Å². The molecule has 0 fully saturated rings. The summed E-state index contributed by atoms with van der Waals surface area (Å²) in [7, 11) is 0. The van der Waals surface area contributed by atoms with Gasteiger partial charge in [-0.25, -0.2) is 0 Å². The molecule has 0 aromatic heterocycles. The van der Waals surface area contributed by atoms with E-state index in [2.05, 4.69) is 242 Å². The summed E-state index contributed by atoms with van der Waals surface area (Å²) in [5, 5.41) is 8.24. The molecule has 0 amide bonds. The van der Waals surface area contributed by atoms with Crippen molar-refractivity contribution < 1.29 is 0 Å². The third-order valence-corrected chi connectivity index (χ3v) is 18.6. The first-order valence-corrected chi connectivity index (χ1v) is 22.5. The molecule has 0 atom stereocenters. The first kappa shape index (κ1) is 35.4. The summed E-state index contributed by atoms with van der Waals surface area (Å²) in [6.45, 7) is -4.21. The second-order valence-electron chi connectivity index (χ2n) is 13.5. The quantitative estimate of drug-likeness (QED) is 0.116. The van der Waals surface area contributed by atoms with Crippen LogP contribution >= 0.6 is 13.8 Å². The van der Waals surface area contributed by atoms with Crippen molar-refractivity contribution >= 4 is 57.2 Å². The van der Waals surface area contributed by atoms with Gasteiger partial charge in [-0.15, -0.1) is 0 Å². The predicted octanol–water partition coefficient (Wildman–Crippen LogP) is 10.0. The van der Waals surface area contributed by atoms with Gasteiger partial charge in [0.25, 0.3) is 0 Å². The summed E-state index contributed by atoms with van der Waals surface area (Å²) in [5.41, 5.74) is 5.28. The third-order valence-electron chi connectivity index (χ3n) is 10.5. The molecule has 0 saturated heterocycles. The van der Waals surface area contributed by atoms with E-state index in [4.69, 9.17) is 0 Å². The van der Waals surface area contributed by atoms with Crippen LogP contribution in [0.4, 0.5) is 0 Å². The Kier molecular flexibility index (Phi) is 10.9. The first-order chi connectivity index (χ1) is 26.8. The molecule has 0 aliphatic carbocycles. The summed E-state index contributed by atoms with van der Waals surface area (Å²) in [5.74, 6) is 5.30. The molecule has 0 nitrogen and oxygen atoms in total. The molecule has 0 bridgehead atoms. The molecule has 262 valence electrons. The van der Waals surface area contributed by atoms with E-state index < -0.39 is 13.8 Å². The Labute approximate surface area is 321 Å². The largest absolute Gasteiger partial charge is 0.0698 e.